The molecule has 0 radical (unpaired) electrons. The van der Waals surface area contributed by atoms with Crippen LogP contribution in [0.4, 0.5) is 4.79 Å². The van der Waals surface area contributed by atoms with Crippen molar-refractivity contribution in [3.8, 4) is 0 Å². The molecule has 4 nitrogen and oxygen atoms in total. The average Bonchev–Trinajstić information content (AvgIpc) is 1.91. The molecule has 1 unspecified atom stereocenters. The maximum atomic E-state index is 11.5. The lowest BCUT2D eigenvalue weighted by Crippen LogP contribution is -2.78. The highest BCUT2D eigenvalue weighted by Gasteiger charge is 2.49. The number of piperazine rings is 1. The van der Waals surface area contributed by atoms with Gasteiger partial charge in [0.2, 0.25) is 0 Å². The first-order valence-corrected chi connectivity index (χ1v) is 4.70. The van der Waals surface area contributed by atoms with Crippen molar-refractivity contribution >= 4 is 6.09 Å². The molecular weight excluding hydrogens is 168 g/mol. The highest BCUT2D eigenvalue weighted by molar-refractivity contribution is 5.70. The molecule has 4 heteroatoms. The molecule has 2 fully saturated rings. The normalized spacial score (nSPS) is 31.5. The minimum Gasteiger partial charge on any atom is -0.444 e. The summed E-state index contributed by atoms with van der Waals surface area (Å²) >= 11 is 0. The summed E-state index contributed by atoms with van der Waals surface area (Å²) in [6.45, 7) is 7.40. The molecule has 0 saturated carbocycles. The van der Waals surface area contributed by atoms with Gasteiger partial charge in [-0.2, -0.15) is 0 Å². The van der Waals surface area contributed by atoms with Crippen LogP contribution in [0.3, 0.4) is 0 Å². The van der Waals surface area contributed by atoms with Gasteiger partial charge < -0.3 is 15.0 Å². The largest absolute Gasteiger partial charge is 0.444 e. The van der Waals surface area contributed by atoms with Gasteiger partial charge in [0.25, 0.3) is 0 Å². The predicted octanol–water partition coefficient (Wildman–Crippen LogP) is 0.577. The lowest BCUT2D eigenvalue weighted by molar-refractivity contribution is -0.0445. The molecule has 2 saturated heterocycles. The first kappa shape index (κ1) is 8.81. The minimum absolute atomic E-state index is 0.171. The number of likely N-dealkylation sites (tertiary alicyclic amines) is 1. The molecule has 0 aromatic heterocycles. The van der Waals surface area contributed by atoms with Gasteiger partial charge in [-0.25, -0.2) is 4.79 Å². The fraction of sp³-hybridized carbons (Fsp3) is 0.889. The van der Waals surface area contributed by atoms with Crippen molar-refractivity contribution in [3.05, 3.63) is 0 Å². The van der Waals surface area contributed by atoms with E-state index in [1.807, 2.05) is 20.8 Å². The molecule has 0 aromatic carbocycles. The van der Waals surface area contributed by atoms with Gasteiger partial charge in [-0.15, -0.1) is 0 Å². The Hall–Kier alpha value is -0.770. The molecule has 2 atom stereocenters. The third-order valence-electron chi connectivity index (χ3n) is 2.48. The SMILES string of the molecule is CC(C)(C)OC(=O)N1C[C@H]2NCC21. The van der Waals surface area contributed by atoms with Gasteiger partial charge in [0.05, 0.1) is 6.04 Å². The van der Waals surface area contributed by atoms with E-state index in [-0.39, 0.29) is 11.7 Å². The van der Waals surface area contributed by atoms with Crippen molar-refractivity contribution in [3.63, 3.8) is 0 Å². The van der Waals surface area contributed by atoms with Crippen LogP contribution in [0.5, 0.6) is 0 Å². The Kier molecular flexibility index (Phi) is 1.77. The Labute approximate surface area is 78.2 Å². The highest BCUT2D eigenvalue weighted by Crippen LogP contribution is 2.26. The summed E-state index contributed by atoms with van der Waals surface area (Å²) in [6.07, 6.45) is -0.171. The van der Waals surface area contributed by atoms with Crippen LogP contribution in [0.1, 0.15) is 20.8 Å². The second-order valence-electron chi connectivity index (χ2n) is 4.71. The van der Waals surface area contributed by atoms with Crippen molar-refractivity contribution in [1.82, 2.24) is 10.2 Å². The quantitative estimate of drug-likeness (QED) is 0.598. The second kappa shape index (κ2) is 2.61. The smallest absolute Gasteiger partial charge is 0.410 e. The molecule has 1 N–H and O–H groups in total. The lowest BCUT2D eigenvalue weighted by atomic mass is 9.89. The zero-order chi connectivity index (χ0) is 9.64. The Morgan fingerprint density at radius 2 is 2.23 bits per heavy atom. The predicted molar refractivity (Wildman–Crippen MR) is 48.5 cm³/mol. The van der Waals surface area contributed by atoms with Gasteiger partial charge in [0.1, 0.15) is 5.60 Å². The number of amides is 1. The molecule has 2 heterocycles. The number of fused-ring (bicyclic) bond motifs is 1. The van der Waals surface area contributed by atoms with Crippen LogP contribution >= 0.6 is 0 Å². The molecule has 13 heavy (non-hydrogen) atoms. The number of hydrogen-bond acceptors (Lipinski definition) is 3. The Balaban J connectivity index is 1.85. The van der Waals surface area contributed by atoms with Crippen LogP contribution in [0.2, 0.25) is 0 Å². The minimum atomic E-state index is -0.376. The number of rotatable bonds is 0. The van der Waals surface area contributed by atoms with Crippen molar-refractivity contribution < 1.29 is 9.53 Å². The lowest BCUT2D eigenvalue weighted by Gasteiger charge is -2.55. The third kappa shape index (κ3) is 1.50. The van der Waals surface area contributed by atoms with Crippen molar-refractivity contribution in [2.75, 3.05) is 13.1 Å². The fourth-order valence-electron chi connectivity index (χ4n) is 1.64. The number of nitrogens with zero attached hydrogens (tertiary/aromatic N) is 1. The zero-order valence-electron chi connectivity index (χ0n) is 8.33. The van der Waals surface area contributed by atoms with Crippen molar-refractivity contribution in [2.45, 2.75) is 38.5 Å². The summed E-state index contributed by atoms with van der Waals surface area (Å²) < 4.78 is 5.25. The molecular formula is C9H16N2O2. The number of ether oxygens (including phenoxy) is 1. The first-order chi connectivity index (χ1) is 5.97. The Morgan fingerprint density at radius 3 is 2.54 bits per heavy atom. The summed E-state index contributed by atoms with van der Waals surface area (Å²) in [4.78, 5) is 13.3. The van der Waals surface area contributed by atoms with Gasteiger partial charge in [0.15, 0.2) is 0 Å². The van der Waals surface area contributed by atoms with E-state index in [1.54, 1.807) is 4.90 Å². The summed E-state index contributed by atoms with van der Waals surface area (Å²) in [5.41, 5.74) is -0.376. The summed E-state index contributed by atoms with van der Waals surface area (Å²) in [5.74, 6) is 0. The van der Waals surface area contributed by atoms with E-state index in [4.69, 9.17) is 4.74 Å². The summed E-state index contributed by atoms with van der Waals surface area (Å²) in [7, 11) is 0. The number of hydrogen-bond donors (Lipinski definition) is 1. The van der Waals surface area contributed by atoms with Crippen molar-refractivity contribution in [1.29, 1.82) is 0 Å². The van der Waals surface area contributed by atoms with E-state index >= 15 is 0 Å². The molecule has 0 aromatic rings. The topological polar surface area (TPSA) is 41.6 Å². The maximum Gasteiger partial charge on any atom is 0.410 e. The molecule has 0 spiro atoms. The second-order valence-corrected chi connectivity index (χ2v) is 4.71. The molecule has 2 aliphatic heterocycles. The van der Waals surface area contributed by atoms with Crippen LogP contribution in [0, 0.1) is 0 Å². The molecule has 0 aliphatic carbocycles. The summed E-state index contributed by atoms with van der Waals surface area (Å²) in [6, 6.07) is 0.933. The van der Waals surface area contributed by atoms with E-state index < -0.39 is 0 Å². The van der Waals surface area contributed by atoms with E-state index in [0.717, 1.165) is 13.1 Å². The van der Waals surface area contributed by atoms with Crippen LogP contribution in [-0.2, 0) is 4.74 Å². The number of nitrogens with one attached hydrogen (secondary N) is 1. The van der Waals surface area contributed by atoms with Gasteiger partial charge in [0, 0.05) is 19.1 Å². The van der Waals surface area contributed by atoms with Gasteiger partial charge in [-0.05, 0) is 20.8 Å². The number of carbonyl (C=O) groups excluding carboxylic acids is 1. The molecule has 2 rings (SSSR count). The number of carbonyl (C=O) groups is 1. The van der Waals surface area contributed by atoms with E-state index in [9.17, 15) is 4.79 Å². The highest BCUT2D eigenvalue weighted by atomic mass is 16.6. The molecule has 0 bridgehead atoms. The molecule has 74 valence electrons. The molecule has 1 amide bonds. The summed E-state index contributed by atoms with van der Waals surface area (Å²) in [5, 5.41) is 3.24. The molecule has 2 aliphatic rings. The van der Waals surface area contributed by atoms with Crippen LogP contribution in [0.25, 0.3) is 0 Å². The standard InChI is InChI=1S/C9H16N2O2/c1-9(2,3)13-8(12)11-5-6-7(11)4-10-6/h6-7,10H,4-5H2,1-3H3/t6-,7?/m1/s1. The van der Waals surface area contributed by atoms with Crippen LogP contribution < -0.4 is 5.32 Å². The first-order valence-electron chi connectivity index (χ1n) is 4.70. The van der Waals surface area contributed by atoms with E-state index in [2.05, 4.69) is 5.32 Å². The average molecular weight is 184 g/mol. The van der Waals surface area contributed by atoms with Crippen LogP contribution in [-0.4, -0.2) is 41.8 Å². The monoisotopic (exact) mass is 184 g/mol. The fourth-order valence-corrected chi connectivity index (χ4v) is 1.64. The maximum absolute atomic E-state index is 11.5. The van der Waals surface area contributed by atoms with Crippen LogP contribution in [0.15, 0.2) is 0 Å². The van der Waals surface area contributed by atoms with Gasteiger partial charge >= 0.3 is 6.09 Å². The Bertz CT molecular complexity index is 234. The van der Waals surface area contributed by atoms with Gasteiger partial charge in [-0.3, -0.25) is 0 Å². The van der Waals surface area contributed by atoms with E-state index in [1.165, 1.54) is 0 Å². The zero-order valence-corrected chi connectivity index (χ0v) is 8.33. The third-order valence-corrected chi connectivity index (χ3v) is 2.48. The van der Waals surface area contributed by atoms with Gasteiger partial charge in [-0.1, -0.05) is 0 Å². The van der Waals surface area contributed by atoms with Crippen molar-refractivity contribution in [2.24, 2.45) is 0 Å². The Morgan fingerprint density at radius 1 is 1.54 bits per heavy atom. The van der Waals surface area contributed by atoms with E-state index in [0.29, 0.717) is 12.1 Å².